The topological polar surface area (TPSA) is 29.0 Å². The van der Waals surface area contributed by atoms with E-state index in [0.717, 1.165) is 13.0 Å². The van der Waals surface area contributed by atoms with Crippen LogP contribution in [0.25, 0.3) is 0 Å². The summed E-state index contributed by atoms with van der Waals surface area (Å²) in [6.07, 6.45) is 1.12. The van der Waals surface area contributed by atoms with Gasteiger partial charge in [0.05, 0.1) is 0 Å². The van der Waals surface area contributed by atoms with Crippen molar-refractivity contribution in [3.05, 3.63) is 18.1 Å². The van der Waals surface area contributed by atoms with E-state index >= 15 is 0 Å². The molecular formula is C9H10BrF2N3. The van der Waals surface area contributed by atoms with E-state index in [4.69, 9.17) is 0 Å². The first kappa shape index (κ1) is 10.7. The molecule has 0 saturated carbocycles. The van der Waals surface area contributed by atoms with E-state index in [1.807, 2.05) is 4.90 Å². The molecule has 0 aliphatic carbocycles. The maximum absolute atomic E-state index is 12.6. The summed E-state index contributed by atoms with van der Waals surface area (Å²) in [4.78, 5) is 9.85. The predicted octanol–water partition coefficient (Wildman–Crippen LogP) is 2.39. The number of aromatic nitrogens is 2. The summed E-state index contributed by atoms with van der Waals surface area (Å²) in [5, 5.41) is 0. The molecule has 1 aliphatic rings. The minimum absolute atomic E-state index is 0.223. The third-order valence-corrected chi connectivity index (χ3v) is 3.09. The van der Waals surface area contributed by atoms with Crippen molar-refractivity contribution in [2.75, 3.05) is 18.0 Å². The van der Waals surface area contributed by atoms with Crippen molar-refractivity contribution in [3.63, 3.8) is 0 Å². The minimum atomic E-state index is -2.57. The summed E-state index contributed by atoms with van der Waals surface area (Å²) in [5.41, 5.74) is -0.223. The number of nitrogens with zero attached hydrogens (tertiary/aromatic N) is 3. The van der Waals surface area contributed by atoms with Crippen molar-refractivity contribution < 1.29 is 8.78 Å². The van der Waals surface area contributed by atoms with Gasteiger partial charge < -0.3 is 4.90 Å². The quantitative estimate of drug-likeness (QED) is 0.778. The molecule has 0 radical (unpaired) electrons. The molecule has 0 spiro atoms. The smallest absolute Gasteiger partial charge is 0.284 e. The Morgan fingerprint density at radius 1 is 1.40 bits per heavy atom. The molecule has 0 bridgehead atoms. The van der Waals surface area contributed by atoms with Crippen molar-refractivity contribution in [1.29, 1.82) is 0 Å². The van der Waals surface area contributed by atoms with Gasteiger partial charge >= 0.3 is 0 Å². The molecule has 1 atom stereocenters. The molecule has 0 N–H and O–H groups in total. The number of hydrogen-bond acceptors (Lipinski definition) is 3. The van der Waals surface area contributed by atoms with Gasteiger partial charge in [0.1, 0.15) is 5.69 Å². The van der Waals surface area contributed by atoms with Crippen LogP contribution in [0.1, 0.15) is 18.5 Å². The molecule has 3 nitrogen and oxygen atoms in total. The number of rotatable bonds is 2. The molecule has 1 aromatic heterocycles. The largest absolute Gasteiger partial charge is 0.354 e. The first-order valence-electron chi connectivity index (χ1n) is 4.66. The van der Waals surface area contributed by atoms with Crippen molar-refractivity contribution in [1.82, 2.24) is 9.97 Å². The molecule has 6 heteroatoms. The van der Waals surface area contributed by atoms with Crippen LogP contribution in [-0.2, 0) is 0 Å². The van der Waals surface area contributed by atoms with Crippen molar-refractivity contribution >= 4 is 21.7 Å². The first-order chi connectivity index (χ1) is 7.18. The van der Waals surface area contributed by atoms with Gasteiger partial charge in [0.25, 0.3) is 6.43 Å². The summed E-state index contributed by atoms with van der Waals surface area (Å²) in [5.74, 6) is 0.314. The second kappa shape index (κ2) is 4.38. The Labute approximate surface area is 94.6 Å². The Morgan fingerprint density at radius 3 is 2.73 bits per heavy atom. The Bertz CT molecular complexity index is 348. The molecular weight excluding hydrogens is 268 g/mol. The van der Waals surface area contributed by atoms with E-state index in [9.17, 15) is 8.78 Å². The number of halogens is 3. The molecule has 2 rings (SSSR count). The highest BCUT2D eigenvalue weighted by molar-refractivity contribution is 9.09. The van der Waals surface area contributed by atoms with Gasteiger partial charge in [-0.05, 0) is 6.42 Å². The average molecular weight is 278 g/mol. The van der Waals surface area contributed by atoms with Crippen molar-refractivity contribution in [2.45, 2.75) is 17.7 Å². The van der Waals surface area contributed by atoms with E-state index in [1.165, 1.54) is 12.4 Å². The molecule has 0 aromatic carbocycles. The third kappa shape index (κ3) is 2.25. The van der Waals surface area contributed by atoms with E-state index in [2.05, 4.69) is 25.9 Å². The standard InChI is InChI=1S/C9H10BrF2N3/c10-6-1-4-15(5-6)9-7(8(11)12)13-2-3-14-9/h2-3,6,8H,1,4-5H2. The molecule has 82 valence electrons. The average Bonchev–Trinajstić information content (AvgIpc) is 2.65. The fourth-order valence-corrected chi connectivity index (χ4v) is 2.20. The Hall–Kier alpha value is -0.780. The van der Waals surface area contributed by atoms with Gasteiger partial charge in [-0.1, -0.05) is 15.9 Å². The normalized spacial score (nSPS) is 21.3. The van der Waals surface area contributed by atoms with Crippen molar-refractivity contribution in [3.8, 4) is 0 Å². The highest BCUT2D eigenvalue weighted by Crippen LogP contribution is 2.29. The van der Waals surface area contributed by atoms with E-state index in [0.29, 0.717) is 17.2 Å². The molecule has 0 amide bonds. The second-order valence-corrected chi connectivity index (χ2v) is 4.69. The van der Waals surface area contributed by atoms with Crippen LogP contribution < -0.4 is 4.90 Å². The van der Waals surface area contributed by atoms with E-state index in [-0.39, 0.29) is 5.69 Å². The molecule has 1 unspecified atom stereocenters. The van der Waals surface area contributed by atoms with E-state index < -0.39 is 6.43 Å². The number of hydrogen-bond donors (Lipinski definition) is 0. The van der Waals surface area contributed by atoms with Crippen LogP contribution in [-0.4, -0.2) is 27.9 Å². The van der Waals surface area contributed by atoms with Crippen LogP contribution in [0.5, 0.6) is 0 Å². The lowest BCUT2D eigenvalue weighted by Crippen LogP contribution is -2.22. The van der Waals surface area contributed by atoms with Gasteiger partial charge in [0.2, 0.25) is 0 Å². The third-order valence-electron chi connectivity index (χ3n) is 2.34. The fourth-order valence-electron chi connectivity index (χ4n) is 1.65. The van der Waals surface area contributed by atoms with Gasteiger partial charge in [-0.15, -0.1) is 0 Å². The van der Waals surface area contributed by atoms with Gasteiger partial charge in [-0.25, -0.2) is 18.7 Å². The maximum atomic E-state index is 12.6. The van der Waals surface area contributed by atoms with E-state index in [1.54, 1.807) is 0 Å². The van der Waals surface area contributed by atoms with Gasteiger partial charge in [-0.3, -0.25) is 0 Å². The van der Waals surface area contributed by atoms with Crippen LogP contribution in [0, 0.1) is 0 Å². The molecule has 1 aliphatic heterocycles. The zero-order valence-corrected chi connectivity index (χ0v) is 9.49. The molecule has 1 saturated heterocycles. The highest BCUT2D eigenvalue weighted by Gasteiger charge is 2.26. The zero-order valence-electron chi connectivity index (χ0n) is 7.91. The lowest BCUT2D eigenvalue weighted by Gasteiger charge is -2.18. The lowest BCUT2D eigenvalue weighted by molar-refractivity contribution is 0.146. The van der Waals surface area contributed by atoms with Crippen LogP contribution >= 0.6 is 15.9 Å². The van der Waals surface area contributed by atoms with Crippen LogP contribution in [0.2, 0.25) is 0 Å². The number of anilines is 1. The van der Waals surface area contributed by atoms with Crippen LogP contribution in [0.3, 0.4) is 0 Å². The lowest BCUT2D eigenvalue weighted by atomic mass is 10.4. The van der Waals surface area contributed by atoms with Gasteiger partial charge in [-0.2, -0.15) is 0 Å². The monoisotopic (exact) mass is 277 g/mol. The fraction of sp³-hybridized carbons (Fsp3) is 0.556. The first-order valence-corrected chi connectivity index (χ1v) is 5.58. The highest BCUT2D eigenvalue weighted by atomic mass is 79.9. The Balaban J connectivity index is 2.27. The molecule has 15 heavy (non-hydrogen) atoms. The van der Waals surface area contributed by atoms with Crippen LogP contribution in [0.15, 0.2) is 12.4 Å². The minimum Gasteiger partial charge on any atom is -0.354 e. The summed E-state index contributed by atoms with van der Waals surface area (Å²) in [7, 11) is 0. The Morgan fingerprint density at radius 2 is 2.13 bits per heavy atom. The molecule has 1 fully saturated rings. The summed E-state index contributed by atoms with van der Waals surface area (Å²) < 4.78 is 25.3. The van der Waals surface area contributed by atoms with Gasteiger partial charge in [0, 0.05) is 30.3 Å². The summed E-state index contributed by atoms with van der Waals surface area (Å²) in [6, 6.07) is 0. The van der Waals surface area contributed by atoms with Crippen molar-refractivity contribution in [2.24, 2.45) is 0 Å². The molecule has 2 heterocycles. The van der Waals surface area contributed by atoms with Crippen LogP contribution in [0.4, 0.5) is 14.6 Å². The zero-order chi connectivity index (χ0) is 10.8. The summed E-state index contributed by atoms with van der Waals surface area (Å²) in [6.45, 7) is 1.45. The predicted molar refractivity (Wildman–Crippen MR) is 56.5 cm³/mol. The van der Waals surface area contributed by atoms with Gasteiger partial charge in [0.15, 0.2) is 5.82 Å². The maximum Gasteiger partial charge on any atom is 0.284 e. The second-order valence-electron chi connectivity index (χ2n) is 3.40. The Kier molecular flexibility index (Phi) is 3.14. The SMILES string of the molecule is FC(F)c1nccnc1N1CCC(Br)C1. The molecule has 1 aromatic rings. The number of alkyl halides is 3. The summed E-state index contributed by atoms with van der Waals surface area (Å²) >= 11 is 3.46.